The lowest BCUT2D eigenvalue weighted by molar-refractivity contribution is 0.0939. The first-order valence-corrected chi connectivity index (χ1v) is 9.78. The number of rotatable bonds is 9. The molecule has 0 aliphatic rings. The maximum atomic E-state index is 12.1. The summed E-state index contributed by atoms with van der Waals surface area (Å²) in [6, 6.07) is 7.79. The van der Waals surface area contributed by atoms with Gasteiger partial charge in [0.2, 0.25) is 0 Å². The molecule has 1 atom stereocenters. The molecular weight excluding hydrogens is 354 g/mol. The number of guanidine groups is 1. The van der Waals surface area contributed by atoms with Gasteiger partial charge in [-0.15, -0.1) is 10.2 Å². The fourth-order valence-corrected chi connectivity index (χ4v) is 2.62. The number of amides is 1. The van der Waals surface area contributed by atoms with Crippen molar-refractivity contribution in [3.05, 3.63) is 47.5 Å². The Morgan fingerprint density at radius 1 is 1.21 bits per heavy atom. The Kier molecular flexibility index (Phi) is 8.45. The van der Waals surface area contributed by atoms with Crippen molar-refractivity contribution in [3.8, 4) is 0 Å². The first kappa shape index (κ1) is 21.4. The number of aryl methyl sites for hydroxylation is 1. The maximum Gasteiger partial charge on any atom is 0.251 e. The second-order valence-electron chi connectivity index (χ2n) is 6.63. The van der Waals surface area contributed by atoms with E-state index in [9.17, 15) is 4.79 Å². The second-order valence-corrected chi connectivity index (χ2v) is 6.63. The quantitative estimate of drug-likeness (QED) is 0.451. The molecule has 1 amide bonds. The predicted molar refractivity (Wildman–Crippen MR) is 111 cm³/mol. The summed E-state index contributed by atoms with van der Waals surface area (Å²) < 4.78 is 2.03. The van der Waals surface area contributed by atoms with Gasteiger partial charge in [-0.1, -0.05) is 26.0 Å². The summed E-state index contributed by atoms with van der Waals surface area (Å²) in [6.07, 6.45) is 3.52. The topological polar surface area (TPSA) is 96.2 Å². The third kappa shape index (κ3) is 6.37. The van der Waals surface area contributed by atoms with Crippen LogP contribution >= 0.6 is 0 Å². The van der Waals surface area contributed by atoms with E-state index < -0.39 is 0 Å². The van der Waals surface area contributed by atoms with E-state index in [2.05, 4.69) is 45.0 Å². The SMILES string of the molecule is CCc1nncn1CCNC(=NC)NCc1ccc(C(=O)NC(C)CC)cc1. The van der Waals surface area contributed by atoms with Gasteiger partial charge in [-0.2, -0.15) is 0 Å². The molecule has 0 aliphatic carbocycles. The molecule has 0 bridgehead atoms. The molecule has 1 aromatic carbocycles. The first-order valence-electron chi connectivity index (χ1n) is 9.78. The molecule has 0 saturated carbocycles. The molecule has 2 aromatic rings. The van der Waals surface area contributed by atoms with Gasteiger partial charge in [0.25, 0.3) is 5.91 Å². The third-order valence-electron chi connectivity index (χ3n) is 4.55. The summed E-state index contributed by atoms with van der Waals surface area (Å²) in [6.45, 7) is 8.24. The molecule has 8 nitrogen and oxygen atoms in total. The van der Waals surface area contributed by atoms with Crippen LogP contribution in [0.2, 0.25) is 0 Å². The van der Waals surface area contributed by atoms with E-state index in [1.807, 2.05) is 35.8 Å². The summed E-state index contributed by atoms with van der Waals surface area (Å²) in [5.41, 5.74) is 1.75. The van der Waals surface area contributed by atoms with E-state index in [0.717, 1.165) is 43.3 Å². The molecule has 1 unspecified atom stereocenters. The predicted octanol–water partition coefficient (Wildman–Crippen LogP) is 1.73. The van der Waals surface area contributed by atoms with E-state index in [-0.39, 0.29) is 11.9 Å². The van der Waals surface area contributed by atoms with Crippen LogP contribution in [0.4, 0.5) is 0 Å². The molecule has 0 aliphatic heterocycles. The average molecular weight is 386 g/mol. The number of aliphatic imine (C=N–C) groups is 1. The Balaban J connectivity index is 1.79. The zero-order valence-electron chi connectivity index (χ0n) is 17.2. The highest BCUT2D eigenvalue weighted by Crippen LogP contribution is 2.05. The van der Waals surface area contributed by atoms with Gasteiger partial charge in [0.1, 0.15) is 12.2 Å². The van der Waals surface area contributed by atoms with Crippen molar-refractivity contribution >= 4 is 11.9 Å². The highest BCUT2D eigenvalue weighted by atomic mass is 16.1. The number of hydrogen-bond donors (Lipinski definition) is 3. The maximum absolute atomic E-state index is 12.1. The van der Waals surface area contributed by atoms with Gasteiger partial charge in [0, 0.05) is 44.7 Å². The van der Waals surface area contributed by atoms with Crippen LogP contribution in [0.5, 0.6) is 0 Å². The lowest BCUT2D eigenvalue weighted by atomic mass is 10.1. The molecule has 1 heterocycles. The Morgan fingerprint density at radius 3 is 2.61 bits per heavy atom. The zero-order valence-corrected chi connectivity index (χ0v) is 17.2. The molecule has 0 saturated heterocycles. The Hall–Kier alpha value is -2.90. The number of nitrogens with one attached hydrogen (secondary N) is 3. The molecule has 0 spiro atoms. The highest BCUT2D eigenvalue weighted by molar-refractivity contribution is 5.94. The van der Waals surface area contributed by atoms with Crippen LogP contribution < -0.4 is 16.0 Å². The van der Waals surface area contributed by atoms with Crippen LogP contribution in [0.15, 0.2) is 35.6 Å². The molecule has 0 fully saturated rings. The molecule has 0 radical (unpaired) electrons. The number of benzene rings is 1. The van der Waals surface area contributed by atoms with Crippen LogP contribution in [-0.2, 0) is 19.5 Å². The highest BCUT2D eigenvalue weighted by Gasteiger charge is 2.08. The van der Waals surface area contributed by atoms with Crippen molar-refractivity contribution in [2.45, 2.75) is 52.7 Å². The fraction of sp³-hybridized carbons (Fsp3) is 0.500. The standard InChI is InChI=1S/C20H31N7O/c1-5-15(3)25-19(28)17-9-7-16(8-10-17)13-23-20(21-4)22-11-12-27-14-24-26-18(27)6-2/h7-10,14-15H,5-6,11-13H2,1-4H3,(H,25,28)(H2,21,22,23). The summed E-state index contributed by atoms with van der Waals surface area (Å²) >= 11 is 0. The van der Waals surface area contributed by atoms with Crippen LogP contribution in [0, 0.1) is 0 Å². The third-order valence-corrected chi connectivity index (χ3v) is 4.55. The van der Waals surface area contributed by atoms with Crippen LogP contribution in [0.3, 0.4) is 0 Å². The van der Waals surface area contributed by atoms with E-state index in [1.165, 1.54) is 0 Å². The fourth-order valence-electron chi connectivity index (χ4n) is 2.62. The number of carbonyl (C=O) groups is 1. The van der Waals surface area contributed by atoms with Gasteiger partial charge in [-0.25, -0.2) is 0 Å². The molecule has 2 rings (SSSR count). The Morgan fingerprint density at radius 2 is 1.96 bits per heavy atom. The van der Waals surface area contributed by atoms with Crippen molar-refractivity contribution in [1.29, 1.82) is 0 Å². The van der Waals surface area contributed by atoms with Crippen molar-refractivity contribution in [2.75, 3.05) is 13.6 Å². The number of nitrogens with zero attached hydrogens (tertiary/aromatic N) is 4. The van der Waals surface area contributed by atoms with Gasteiger partial charge in [0.15, 0.2) is 5.96 Å². The van der Waals surface area contributed by atoms with E-state index >= 15 is 0 Å². The minimum Gasteiger partial charge on any atom is -0.355 e. The van der Waals surface area contributed by atoms with Crippen molar-refractivity contribution in [2.24, 2.45) is 4.99 Å². The van der Waals surface area contributed by atoms with Crippen LogP contribution in [-0.4, -0.2) is 46.3 Å². The van der Waals surface area contributed by atoms with Crippen molar-refractivity contribution in [1.82, 2.24) is 30.7 Å². The lowest BCUT2D eigenvalue weighted by Gasteiger charge is -2.13. The molecule has 1 aromatic heterocycles. The second kappa shape index (κ2) is 11.1. The van der Waals surface area contributed by atoms with Crippen molar-refractivity contribution < 1.29 is 4.79 Å². The molecule has 3 N–H and O–H groups in total. The summed E-state index contributed by atoms with van der Waals surface area (Å²) in [5.74, 6) is 1.67. The average Bonchev–Trinajstić information content (AvgIpc) is 3.18. The van der Waals surface area contributed by atoms with Gasteiger partial charge < -0.3 is 20.5 Å². The van der Waals surface area contributed by atoms with Crippen LogP contribution in [0.1, 0.15) is 48.9 Å². The Bertz CT molecular complexity index is 767. The molecule has 28 heavy (non-hydrogen) atoms. The summed E-state index contributed by atoms with van der Waals surface area (Å²) in [5, 5.41) is 17.6. The Labute approximate surface area is 166 Å². The lowest BCUT2D eigenvalue weighted by Crippen LogP contribution is -2.38. The minimum atomic E-state index is -0.0354. The normalized spacial score (nSPS) is 12.5. The minimum absolute atomic E-state index is 0.0354. The van der Waals surface area contributed by atoms with E-state index in [0.29, 0.717) is 12.1 Å². The number of hydrogen-bond acceptors (Lipinski definition) is 4. The molecular formula is C20H31N7O. The number of aromatic nitrogens is 3. The van der Waals surface area contributed by atoms with Gasteiger partial charge in [0.05, 0.1) is 0 Å². The number of carbonyl (C=O) groups excluding carboxylic acids is 1. The van der Waals surface area contributed by atoms with E-state index in [1.54, 1.807) is 13.4 Å². The summed E-state index contributed by atoms with van der Waals surface area (Å²) in [7, 11) is 1.74. The van der Waals surface area contributed by atoms with Crippen molar-refractivity contribution in [3.63, 3.8) is 0 Å². The first-order chi connectivity index (χ1) is 13.6. The van der Waals surface area contributed by atoms with Gasteiger partial charge in [-0.05, 0) is 31.0 Å². The molecule has 152 valence electrons. The van der Waals surface area contributed by atoms with Gasteiger partial charge in [-0.3, -0.25) is 9.79 Å². The van der Waals surface area contributed by atoms with Gasteiger partial charge >= 0.3 is 0 Å². The van der Waals surface area contributed by atoms with Crippen LogP contribution in [0.25, 0.3) is 0 Å². The largest absolute Gasteiger partial charge is 0.355 e. The molecule has 8 heteroatoms. The van der Waals surface area contributed by atoms with E-state index in [4.69, 9.17) is 0 Å². The monoisotopic (exact) mass is 385 g/mol. The smallest absolute Gasteiger partial charge is 0.251 e. The summed E-state index contributed by atoms with van der Waals surface area (Å²) in [4.78, 5) is 16.4. The zero-order chi connectivity index (χ0) is 20.4.